The number of hydrogen-bond donors (Lipinski definition) is 0. The van der Waals surface area contributed by atoms with Gasteiger partial charge in [-0.15, -0.1) is 0 Å². The van der Waals surface area contributed by atoms with Gasteiger partial charge < -0.3 is 0 Å². The summed E-state index contributed by atoms with van der Waals surface area (Å²) in [5, 5.41) is 0. The van der Waals surface area contributed by atoms with E-state index in [-0.39, 0.29) is 16.7 Å². The number of hydrogen-bond acceptors (Lipinski definition) is 0. The molecule has 0 atom stereocenters. The fourth-order valence-corrected chi connectivity index (χ4v) is 1.28. The molecule has 0 aromatic heterocycles. The van der Waals surface area contributed by atoms with Crippen LogP contribution >= 0.6 is 0 Å². The average molecular weight is 216 g/mol. The van der Waals surface area contributed by atoms with Gasteiger partial charge in [0.15, 0.2) is 0 Å². The Balaban J connectivity index is 3.90. The lowest BCUT2D eigenvalue weighted by atomic mass is 9.98. The van der Waals surface area contributed by atoms with Crippen LogP contribution in [0.15, 0.2) is 18.2 Å². The van der Waals surface area contributed by atoms with E-state index in [0.29, 0.717) is 0 Å². The third kappa shape index (κ3) is 4.07. The molecular formula is C15H24. The third-order valence-corrected chi connectivity index (χ3v) is 1.74. The molecule has 0 unspecified atom stereocenters. The van der Waals surface area contributed by atoms with E-state index in [1.807, 2.05) is 0 Å². The van der Waals surface area contributed by atoms with Crippen LogP contribution in [0, 0.1) is 0 Å². The molecule has 15 heavy (non-hydrogen) atoms. The zero-order chi connectivity index (χ0) is 21.9. The van der Waals surface area contributed by atoms with Gasteiger partial charge in [-0.2, -0.15) is 0 Å². The topological polar surface area (TPSA) is 0 Å². The highest BCUT2D eigenvalue weighted by atomic mass is 14.1. The van der Waals surface area contributed by atoms with E-state index in [9.17, 15) is 0 Å². The molecule has 0 aliphatic rings. The molecule has 0 fully saturated rings. The molecule has 0 amide bonds. The van der Waals surface area contributed by atoms with E-state index < -0.39 is 38.2 Å². The number of benzene rings is 1. The zero-order valence-corrected chi connectivity index (χ0v) is 9.23. The Hall–Kier alpha value is -0.780. The zero-order valence-electron chi connectivity index (χ0n) is 21.2. The third-order valence-electron chi connectivity index (χ3n) is 1.74. The first-order valence-electron chi connectivity index (χ1n) is 10.7. The molecule has 1 rings (SSSR count). The van der Waals surface area contributed by atoms with Crippen molar-refractivity contribution >= 4 is 0 Å². The Morgan fingerprint density at radius 2 is 1.00 bits per heavy atom. The molecule has 0 saturated heterocycles. The summed E-state index contributed by atoms with van der Waals surface area (Å²) < 4.78 is 94.9. The highest BCUT2D eigenvalue weighted by Crippen LogP contribution is 2.15. The molecule has 0 aliphatic heterocycles. The Morgan fingerprint density at radius 1 is 0.733 bits per heavy atom. The summed E-state index contributed by atoms with van der Waals surface area (Å²) in [6.07, 6.45) is -15.2. The SMILES string of the molecule is [2H]C([2H])(C)C([2H])([2H])c1cc(C([2H])([2H])C([2H])([2H])C)cc(C([2H])([2H])C([2H])([2H])C)c1. The van der Waals surface area contributed by atoms with E-state index in [1.165, 1.54) is 0 Å². The fraction of sp³-hybridized carbons (Fsp3) is 0.600. The summed E-state index contributed by atoms with van der Waals surface area (Å²) in [5.74, 6) is 0. The molecule has 0 bridgehead atoms. The first-order valence-corrected chi connectivity index (χ1v) is 4.73. The molecule has 1 aromatic rings. The van der Waals surface area contributed by atoms with Crippen molar-refractivity contribution in [3.8, 4) is 0 Å². The van der Waals surface area contributed by atoms with Crippen molar-refractivity contribution < 1.29 is 16.4 Å². The van der Waals surface area contributed by atoms with Gasteiger partial charge in [-0.05, 0) is 35.8 Å². The minimum Gasteiger partial charge on any atom is -0.0651 e. The molecule has 1 aromatic carbocycles. The second-order valence-corrected chi connectivity index (χ2v) is 2.92. The predicted octanol–water partition coefficient (Wildman–Crippen LogP) is 4.54. The maximum atomic E-state index is 8.09. The van der Waals surface area contributed by atoms with Crippen molar-refractivity contribution in [1.29, 1.82) is 0 Å². The summed E-state index contributed by atoms with van der Waals surface area (Å²) in [6, 6.07) is 2.94. The van der Waals surface area contributed by atoms with E-state index in [0.717, 1.165) is 39.0 Å². The molecule has 0 radical (unpaired) electrons. The summed E-state index contributed by atoms with van der Waals surface area (Å²) in [4.78, 5) is 0. The van der Waals surface area contributed by atoms with E-state index in [1.54, 1.807) is 0 Å². The van der Waals surface area contributed by atoms with Crippen LogP contribution in [0.2, 0.25) is 0 Å². The van der Waals surface area contributed by atoms with E-state index >= 15 is 0 Å². The Kier molecular flexibility index (Phi) is 1.60. The molecule has 0 heterocycles. The molecule has 0 nitrogen and oxygen atoms in total. The van der Waals surface area contributed by atoms with Crippen LogP contribution in [-0.4, -0.2) is 0 Å². The highest BCUT2D eigenvalue weighted by molar-refractivity contribution is 5.30. The maximum absolute atomic E-state index is 8.09. The van der Waals surface area contributed by atoms with Gasteiger partial charge in [-0.25, -0.2) is 0 Å². The molecule has 0 saturated carbocycles. The minimum absolute atomic E-state index is 0.385. The lowest BCUT2D eigenvalue weighted by molar-refractivity contribution is 0.871. The summed E-state index contributed by atoms with van der Waals surface area (Å²) >= 11 is 0. The smallest absolute Gasteiger partial charge is 0.0316 e. The van der Waals surface area contributed by atoms with Crippen molar-refractivity contribution in [3.05, 3.63) is 34.9 Å². The van der Waals surface area contributed by atoms with Crippen molar-refractivity contribution in [1.82, 2.24) is 0 Å². The summed E-state index contributed by atoms with van der Waals surface area (Å²) in [6.45, 7) is 2.96. The summed E-state index contributed by atoms with van der Waals surface area (Å²) in [5.41, 5.74) is -1.16. The first-order chi connectivity index (χ1) is 11.6. The van der Waals surface area contributed by atoms with Crippen molar-refractivity contribution in [2.75, 3.05) is 0 Å². The predicted molar refractivity (Wildman–Crippen MR) is 68.4 cm³/mol. The van der Waals surface area contributed by atoms with E-state index in [2.05, 4.69) is 0 Å². The van der Waals surface area contributed by atoms with Gasteiger partial charge in [0.2, 0.25) is 0 Å². The van der Waals surface area contributed by atoms with Gasteiger partial charge in [-0.1, -0.05) is 58.1 Å². The van der Waals surface area contributed by atoms with Crippen LogP contribution in [-0.2, 0) is 19.1 Å². The number of rotatable bonds is 6. The quantitative estimate of drug-likeness (QED) is 0.655. The maximum Gasteiger partial charge on any atom is 0.0316 e. The van der Waals surface area contributed by atoms with Crippen LogP contribution < -0.4 is 0 Å². The van der Waals surface area contributed by atoms with Gasteiger partial charge >= 0.3 is 0 Å². The molecule has 0 N–H and O–H groups in total. The van der Waals surface area contributed by atoms with Crippen LogP contribution in [0.1, 0.15) is 73.0 Å². The molecular weight excluding hydrogens is 180 g/mol. The van der Waals surface area contributed by atoms with Crippen LogP contribution in [0.5, 0.6) is 0 Å². The Morgan fingerprint density at radius 3 is 1.20 bits per heavy atom. The van der Waals surface area contributed by atoms with Crippen molar-refractivity contribution in [2.24, 2.45) is 0 Å². The highest BCUT2D eigenvalue weighted by Gasteiger charge is 2.00. The fourth-order valence-electron chi connectivity index (χ4n) is 1.28. The standard InChI is InChI=1S/C15H24/c1-4-7-13-10-14(8-5-2)12-15(11-13)9-6-3/h10-12H,4-9H2,1-3H3/i4D2,5D2,6D2,7D2,8D2,9D2. The second-order valence-electron chi connectivity index (χ2n) is 2.92. The monoisotopic (exact) mass is 216 g/mol. The van der Waals surface area contributed by atoms with Crippen LogP contribution in [0.3, 0.4) is 0 Å². The largest absolute Gasteiger partial charge is 0.0651 e. The van der Waals surface area contributed by atoms with Crippen molar-refractivity contribution in [2.45, 2.75) is 59.0 Å². The normalized spacial score (nSPS) is 28.2. The lowest BCUT2D eigenvalue weighted by Crippen LogP contribution is -1.93. The van der Waals surface area contributed by atoms with Crippen molar-refractivity contribution in [3.63, 3.8) is 0 Å². The molecule has 0 aliphatic carbocycles. The Labute approximate surface area is 112 Å². The Bertz CT molecular complexity index is 581. The van der Waals surface area contributed by atoms with Gasteiger partial charge in [0.1, 0.15) is 0 Å². The van der Waals surface area contributed by atoms with Gasteiger partial charge in [0.05, 0.1) is 0 Å². The molecule has 0 heteroatoms. The van der Waals surface area contributed by atoms with Gasteiger partial charge in [0, 0.05) is 16.4 Å². The number of aryl methyl sites for hydroxylation is 3. The van der Waals surface area contributed by atoms with Crippen LogP contribution in [0.25, 0.3) is 0 Å². The van der Waals surface area contributed by atoms with E-state index in [4.69, 9.17) is 16.4 Å². The first kappa shape index (κ1) is 3.61. The minimum atomic E-state index is -2.65. The van der Waals surface area contributed by atoms with Crippen LogP contribution in [0.4, 0.5) is 0 Å². The summed E-state index contributed by atoms with van der Waals surface area (Å²) in [7, 11) is 0. The molecule has 84 valence electrons. The second kappa shape index (κ2) is 6.66. The molecule has 0 spiro atoms. The van der Waals surface area contributed by atoms with Gasteiger partial charge in [0.25, 0.3) is 0 Å². The average Bonchev–Trinajstić information content (AvgIpc) is 2.43. The lowest BCUT2D eigenvalue weighted by Gasteiger charge is -2.08. The van der Waals surface area contributed by atoms with Gasteiger partial charge in [-0.3, -0.25) is 0 Å².